The third-order valence-corrected chi connectivity index (χ3v) is 7.03. The summed E-state index contributed by atoms with van der Waals surface area (Å²) in [6.07, 6.45) is 2.26. The SMILES string of the molecule is CC(C)(C)OC(=O)n1nc(-c2ccc(CN3CCOCC3)o2)c2ccc(-c3ccc(OC4CCCCO4)cc3)nc21. The third-order valence-electron chi connectivity index (χ3n) is 7.03. The van der Waals surface area contributed by atoms with Crippen molar-refractivity contribution < 1.29 is 28.2 Å². The lowest BCUT2D eigenvalue weighted by molar-refractivity contribution is -0.105. The van der Waals surface area contributed by atoms with Crippen LogP contribution in [0.5, 0.6) is 5.75 Å². The number of carbonyl (C=O) groups is 1. The molecule has 3 aromatic heterocycles. The Morgan fingerprint density at radius 2 is 1.80 bits per heavy atom. The lowest BCUT2D eigenvalue weighted by Gasteiger charge is -2.25. The Hall–Kier alpha value is -3.73. The fourth-order valence-electron chi connectivity index (χ4n) is 5.00. The number of furan rings is 1. The summed E-state index contributed by atoms with van der Waals surface area (Å²) < 4.78 is 30.2. The average Bonchev–Trinajstić information content (AvgIpc) is 3.58. The lowest BCUT2D eigenvalue weighted by atomic mass is 10.1. The van der Waals surface area contributed by atoms with Crippen molar-refractivity contribution in [1.29, 1.82) is 0 Å². The van der Waals surface area contributed by atoms with E-state index >= 15 is 0 Å². The second kappa shape index (κ2) is 11.6. The number of pyridine rings is 1. The van der Waals surface area contributed by atoms with E-state index in [1.807, 2.05) is 69.3 Å². The summed E-state index contributed by atoms with van der Waals surface area (Å²) >= 11 is 0. The summed E-state index contributed by atoms with van der Waals surface area (Å²) in [5, 5.41) is 5.33. The van der Waals surface area contributed by atoms with Gasteiger partial charge in [0.05, 0.1) is 37.4 Å². The quantitative estimate of drug-likeness (QED) is 0.286. The Labute approximate surface area is 239 Å². The van der Waals surface area contributed by atoms with Crippen LogP contribution in [0.4, 0.5) is 4.79 Å². The molecule has 1 unspecified atom stereocenters. The van der Waals surface area contributed by atoms with E-state index in [-0.39, 0.29) is 6.29 Å². The van der Waals surface area contributed by atoms with Crippen molar-refractivity contribution in [2.75, 3.05) is 32.9 Å². The minimum Gasteiger partial charge on any atom is -0.465 e. The third kappa shape index (κ3) is 6.45. The van der Waals surface area contributed by atoms with Crippen LogP contribution < -0.4 is 4.74 Å². The van der Waals surface area contributed by atoms with Gasteiger partial charge in [0.25, 0.3) is 0 Å². The summed E-state index contributed by atoms with van der Waals surface area (Å²) in [7, 11) is 0. The second-order valence-electron chi connectivity index (χ2n) is 11.4. The molecule has 0 bridgehead atoms. The van der Waals surface area contributed by atoms with Crippen LogP contribution in [0.3, 0.4) is 0 Å². The van der Waals surface area contributed by atoms with Gasteiger partial charge in [0.2, 0.25) is 0 Å². The van der Waals surface area contributed by atoms with Crippen LogP contribution in [0, 0.1) is 0 Å². The van der Waals surface area contributed by atoms with Crippen LogP contribution in [-0.2, 0) is 20.8 Å². The number of benzene rings is 1. The van der Waals surface area contributed by atoms with Crippen LogP contribution in [0.25, 0.3) is 33.7 Å². The maximum absolute atomic E-state index is 13.2. The minimum atomic E-state index is -0.693. The molecule has 6 rings (SSSR count). The van der Waals surface area contributed by atoms with Gasteiger partial charge >= 0.3 is 6.09 Å². The van der Waals surface area contributed by atoms with Gasteiger partial charge in [-0.2, -0.15) is 5.10 Å². The van der Waals surface area contributed by atoms with Crippen LogP contribution in [0.2, 0.25) is 0 Å². The van der Waals surface area contributed by atoms with E-state index in [4.69, 9.17) is 28.3 Å². The Balaban J connectivity index is 1.30. The maximum atomic E-state index is 13.2. The van der Waals surface area contributed by atoms with Crippen LogP contribution in [0.15, 0.2) is 52.9 Å². The summed E-state index contributed by atoms with van der Waals surface area (Å²) in [4.78, 5) is 20.4. The van der Waals surface area contributed by atoms with E-state index in [0.29, 0.717) is 34.7 Å². The van der Waals surface area contributed by atoms with E-state index in [1.54, 1.807) is 0 Å². The van der Waals surface area contributed by atoms with Gasteiger partial charge in [-0.15, -0.1) is 4.68 Å². The van der Waals surface area contributed by atoms with Crippen molar-refractivity contribution in [3.8, 4) is 28.5 Å². The highest BCUT2D eigenvalue weighted by atomic mass is 16.7. The van der Waals surface area contributed by atoms with Gasteiger partial charge in [0.15, 0.2) is 17.7 Å². The molecule has 2 saturated heterocycles. The standard InChI is InChI=1S/C31H36N4O6/c1-31(2,3)41-30(36)35-29-24(28(33-35)26-14-11-23(39-26)20-34-15-18-37-19-16-34)12-13-25(32-29)21-7-9-22(10-8-21)40-27-6-4-5-17-38-27/h7-14,27H,4-6,15-20H2,1-3H3. The molecule has 0 amide bonds. The van der Waals surface area contributed by atoms with Crippen LogP contribution >= 0.6 is 0 Å². The van der Waals surface area contributed by atoms with Crippen molar-refractivity contribution in [1.82, 2.24) is 19.7 Å². The number of morpholine rings is 1. The molecular formula is C31H36N4O6. The Morgan fingerprint density at radius 3 is 2.54 bits per heavy atom. The molecule has 0 saturated carbocycles. The molecule has 2 aliphatic rings. The summed E-state index contributed by atoms with van der Waals surface area (Å²) in [5.74, 6) is 2.14. The Bertz CT molecular complexity index is 1490. The van der Waals surface area contributed by atoms with E-state index < -0.39 is 11.7 Å². The van der Waals surface area contributed by atoms with E-state index in [2.05, 4.69) is 10.00 Å². The molecule has 2 aliphatic heterocycles. The summed E-state index contributed by atoms with van der Waals surface area (Å²) in [6, 6.07) is 15.4. The maximum Gasteiger partial charge on any atom is 0.437 e. The molecule has 0 aliphatic carbocycles. The van der Waals surface area contributed by atoms with Crippen molar-refractivity contribution in [2.24, 2.45) is 0 Å². The van der Waals surface area contributed by atoms with Crippen molar-refractivity contribution in [3.63, 3.8) is 0 Å². The van der Waals surface area contributed by atoms with Gasteiger partial charge < -0.3 is 23.4 Å². The van der Waals surface area contributed by atoms with E-state index in [1.165, 1.54) is 4.68 Å². The zero-order chi connectivity index (χ0) is 28.4. The number of aromatic nitrogens is 3. The highest BCUT2D eigenvalue weighted by Gasteiger charge is 2.25. The first-order chi connectivity index (χ1) is 19.8. The number of ether oxygens (including phenoxy) is 4. The second-order valence-corrected chi connectivity index (χ2v) is 11.4. The van der Waals surface area contributed by atoms with Gasteiger partial charge in [-0.3, -0.25) is 4.90 Å². The van der Waals surface area contributed by atoms with Gasteiger partial charge in [0.1, 0.15) is 22.8 Å². The predicted molar refractivity (Wildman–Crippen MR) is 153 cm³/mol. The highest BCUT2D eigenvalue weighted by molar-refractivity contribution is 5.95. The first-order valence-electron chi connectivity index (χ1n) is 14.2. The first kappa shape index (κ1) is 27.4. The smallest absolute Gasteiger partial charge is 0.437 e. The number of nitrogens with zero attached hydrogens (tertiary/aromatic N) is 4. The molecule has 10 heteroatoms. The summed E-state index contributed by atoms with van der Waals surface area (Å²) in [5.41, 5.74) is 1.82. The van der Waals surface area contributed by atoms with Gasteiger partial charge in [-0.1, -0.05) is 0 Å². The van der Waals surface area contributed by atoms with E-state index in [0.717, 1.165) is 69.2 Å². The number of hydrogen-bond acceptors (Lipinski definition) is 9. The van der Waals surface area contributed by atoms with Crippen LogP contribution in [-0.4, -0.2) is 70.6 Å². The monoisotopic (exact) mass is 560 g/mol. The predicted octanol–water partition coefficient (Wildman–Crippen LogP) is 5.88. The lowest BCUT2D eigenvalue weighted by Crippen LogP contribution is -2.35. The Morgan fingerprint density at radius 1 is 1.00 bits per heavy atom. The molecule has 41 heavy (non-hydrogen) atoms. The van der Waals surface area contributed by atoms with Gasteiger partial charge in [-0.25, -0.2) is 9.78 Å². The molecular weight excluding hydrogens is 524 g/mol. The van der Waals surface area contributed by atoms with E-state index in [9.17, 15) is 4.79 Å². The summed E-state index contributed by atoms with van der Waals surface area (Å²) in [6.45, 7) is 10.0. The van der Waals surface area contributed by atoms with Crippen molar-refractivity contribution >= 4 is 17.1 Å². The molecule has 1 atom stereocenters. The minimum absolute atomic E-state index is 0.207. The van der Waals surface area contributed by atoms with Gasteiger partial charge in [-0.05, 0) is 82.1 Å². The fraction of sp³-hybridized carbons (Fsp3) is 0.452. The number of fused-ring (bicyclic) bond motifs is 1. The average molecular weight is 561 g/mol. The molecule has 216 valence electrons. The number of carbonyl (C=O) groups excluding carboxylic acids is 1. The normalized spacial score (nSPS) is 18.5. The molecule has 0 N–H and O–H groups in total. The molecule has 0 spiro atoms. The molecule has 2 fully saturated rings. The molecule has 0 radical (unpaired) electrons. The molecule has 10 nitrogen and oxygen atoms in total. The largest absolute Gasteiger partial charge is 0.465 e. The highest BCUT2D eigenvalue weighted by Crippen LogP contribution is 2.32. The number of hydrogen-bond donors (Lipinski definition) is 0. The van der Waals surface area contributed by atoms with Gasteiger partial charge in [0, 0.05) is 25.1 Å². The Kier molecular flexibility index (Phi) is 7.79. The topological polar surface area (TPSA) is 101 Å². The zero-order valence-corrected chi connectivity index (χ0v) is 23.8. The van der Waals surface area contributed by atoms with Crippen LogP contribution in [0.1, 0.15) is 45.8 Å². The zero-order valence-electron chi connectivity index (χ0n) is 23.8. The molecule has 1 aromatic carbocycles. The fourth-order valence-corrected chi connectivity index (χ4v) is 5.00. The van der Waals surface area contributed by atoms with Crippen molar-refractivity contribution in [3.05, 3.63) is 54.3 Å². The van der Waals surface area contributed by atoms with Crippen molar-refractivity contribution in [2.45, 2.75) is 58.5 Å². The first-order valence-corrected chi connectivity index (χ1v) is 14.2. The molecule has 4 aromatic rings. The molecule has 5 heterocycles. The number of rotatable bonds is 6.